The van der Waals surface area contributed by atoms with Crippen molar-refractivity contribution in [1.29, 1.82) is 0 Å². The van der Waals surface area contributed by atoms with E-state index in [9.17, 15) is 9.59 Å². The van der Waals surface area contributed by atoms with E-state index in [-0.39, 0.29) is 11.5 Å². The third-order valence-electron chi connectivity index (χ3n) is 5.52. The van der Waals surface area contributed by atoms with Crippen LogP contribution in [0.5, 0.6) is 5.75 Å². The van der Waals surface area contributed by atoms with Gasteiger partial charge in [0.25, 0.3) is 11.5 Å². The summed E-state index contributed by atoms with van der Waals surface area (Å²) in [4.78, 5) is 33.1. The van der Waals surface area contributed by atoms with E-state index >= 15 is 0 Å². The molecule has 1 aliphatic rings. The van der Waals surface area contributed by atoms with Gasteiger partial charge < -0.3 is 10.1 Å². The summed E-state index contributed by atoms with van der Waals surface area (Å²) >= 11 is 2.84. The normalized spacial score (nSPS) is 15.6. The number of carbonyl (C=O) groups is 1. The zero-order chi connectivity index (χ0) is 23.7. The maximum absolute atomic E-state index is 13.6. The topological polar surface area (TPSA) is 72.7 Å². The van der Waals surface area contributed by atoms with Crippen LogP contribution in [0.4, 0.5) is 5.69 Å². The number of nitrogens with one attached hydrogen (secondary N) is 1. The van der Waals surface area contributed by atoms with Gasteiger partial charge in [0.1, 0.15) is 11.8 Å². The summed E-state index contributed by atoms with van der Waals surface area (Å²) in [6.45, 7) is 1.82. The summed E-state index contributed by atoms with van der Waals surface area (Å²) in [5, 5.41) is 4.91. The Morgan fingerprint density at radius 1 is 1.09 bits per heavy atom. The molecule has 0 aliphatic carbocycles. The highest BCUT2D eigenvalue weighted by atomic mass is 32.1. The fourth-order valence-electron chi connectivity index (χ4n) is 3.90. The van der Waals surface area contributed by atoms with Crippen molar-refractivity contribution in [1.82, 2.24) is 4.57 Å². The fraction of sp³-hybridized carbons (Fsp3) is 0.115. The third kappa shape index (κ3) is 4.13. The number of benzene rings is 2. The molecule has 8 heteroatoms. The standard InChI is InChI=1S/C26H21N3O3S2/c1-16-22(24(30)28-18-7-4-3-5-8-18)23(20-9-6-14-33-20)29-25(31)21(34-26(29)27-16)15-17-10-12-19(32-2)13-11-17/h3-15,23H,1-2H3,(H,28,30)/b21-15-/t23-/m1/s1. The monoisotopic (exact) mass is 487 g/mol. The van der Waals surface area contributed by atoms with E-state index in [0.717, 1.165) is 16.2 Å². The molecule has 0 unspecified atom stereocenters. The van der Waals surface area contributed by atoms with Gasteiger partial charge in [0.05, 0.1) is 22.9 Å². The lowest BCUT2D eigenvalue weighted by Crippen LogP contribution is -2.40. The molecule has 0 spiro atoms. The number of para-hydroxylation sites is 1. The highest BCUT2D eigenvalue weighted by Gasteiger charge is 2.33. The van der Waals surface area contributed by atoms with E-state index in [0.29, 0.717) is 26.3 Å². The Bertz CT molecular complexity index is 1550. The van der Waals surface area contributed by atoms with Crippen LogP contribution in [0.25, 0.3) is 6.08 Å². The number of hydrogen-bond acceptors (Lipinski definition) is 6. The van der Waals surface area contributed by atoms with Gasteiger partial charge in [-0.05, 0) is 54.3 Å². The van der Waals surface area contributed by atoms with Crippen LogP contribution in [0.2, 0.25) is 0 Å². The Balaban J connectivity index is 1.62. The first kappa shape index (κ1) is 22.1. The van der Waals surface area contributed by atoms with Crippen molar-refractivity contribution >= 4 is 40.3 Å². The molecule has 0 radical (unpaired) electrons. The first-order valence-corrected chi connectivity index (χ1v) is 12.3. The van der Waals surface area contributed by atoms with Gasteiger partial charge in [0.15, 0.2) is 4.80 Å². The summed E-state index contributed by atoms with van der Waals surface area (Å²) in [5.74, 6) is 0.483. The van der Waals surface area contributed by atoms with Crippen LogP contribution in [0.15, 0.2) is 93.2 Å². The van der Waals surface area contributed by atoms with Crippen LogP contribution in [-0.2, 0) is 4.79 Å². The number of rotatable bonds is 5. The Kier molecular flexibility index (Phi) is 6.00. The average molecular weight is 488 g/mol. The smallest absolute Gasteiger partial charge is 0.271 e. The van der Waals surface area contributed by atoms with Gasteiger partial charge in [-0.2, -0.15) is 0 Å². The summed E-state index contributed by atoms with van der Waals surface area (Å²) in [7, 11) is 1.62. The van der Waals surface area contributed by atoms with Gasteiger partial charge in [-0.1, -0.05) is 47.7 Å². The van der Waals surface area contributed by atoms with Crippen LogP contribution in [0.3, 0.4) is 0 Å². The van der Waals surface area contributed by atoms with Crippen molar-refractivity contribution in [2.75, 3.05) is 12.4 Å². The van der Waals surface area contributed by atoms with Gasteiger partial charge in [0, 0.05) is 10.6 Å². The number of ether oxygens (including phenoxy) is 1. The van der Waals surface area contributed by atoms with E-state index < -0.39 is 6.04 Å². The second-order valence-corrected chi connectivity index (χ2v) is 9.68. The molecule has 1 aliphatic heterocycles. The first-order chi connectivity index (χ1) is 16.5. The third-order valence-corrected chi connectivity index (χ3v) is 7.43. The zero-order valence-electron chi connectivity index (χ0n) is 18.5. The number of anilines is 1. The van der Waals surface area contributed by atoms with Crippen LogP contribution in [0.1, 0.15) is 23.4 Å². The zero-order valence-corrected chi connectivity index (χ0v) is 20.2. The second-order valence-electron chi connectivity index (χ2n) is 7.69. The fourth-order valence-corrected chi connectivity index (χ4v) is 5.77. The lowest BCUT2D eigenvalue weighted by Gasteiger charge is -2.24. The molecule has 5 rings (SSSR count). The molecule has 170 valence electrons. The molecule has 0 bridgehead atoms. The van der Waals surface area contributed by atoms with Gasteiger partial charge in [-0.3, -0.25) is 14.2 Å². The molecule has 1 atom stereocenters. The molecule has 0 saturated carbocycles. The quantitative estimate of drug-likeness (QED) is 0.463. The predicted octanol–water partition coefficient (Wildman–Crippen LogP) is 3.94. The van der Waals surface area contributed by atoms with E-state index in [1.54, 1.807) is 11.7 Å². The molecule has 4 aromatic rings. The molecule has 0 fully saturated rings. The van der Waals surface area contributed by atoms with Crippen molar-refractivity contribution in [2.24, 2.45) is 4.99 Å². The lowest BCUT2D eigenvalue weighted by atomic mass is 10.0. The van der Waals surface area contributed by atoms with Crippen LogP contribution in [0, 0.1) is 0 Å². The summed E-state index contributed by atoms with van der Waals surface area (Å²) in [6.07, 6.45) is 1.85. The molecule has 34 heavy (non-hydrogen) atoms. The molecule has 3 heterocycles. The molecular weight excluding hydrogens is 466 g/mol. The van der Waals surface area contributed by atoms with Crippen molar-refractivity contribution in [2.45, 2.75) is 13.0 Å². The van der Waals surface area contributed by atoms with Crippen molar-refractivity contribution < 1.29 is 9.53 Å². The summed E-state index contributed by atoms with van der Waals surface area (Å²) in [6, 6.07) is 20.1. The maximum atomic E-state index is 13.6. The lowest BCUT2D eigenvalue weighted by molar-refractivity contribution is -0.113. The Hall–Kier alpha value is -3.75. The average Bonchev–Trinajstić information content (AvgIpc) is 3.48. The van der Waals surface area contributed by atoms with Crippen LogP contribution < -0.4 is 24.9 Å². The predicted molar refractivity (Wildman–Crippen MR) is 136 cm³/mol. The van der Waals surface area contributed by atoms with Crippen LogP contribution in [-0.4, -0.2) is 17.6 Å². The van der Waals surface area contributed by atoms with E-state index in [1.807, 2.05) is 85.1 Å². The number of nitrogens with zero attached hydrogens (tertiary/aromatic N) is 2. The molecule has 1 amide bonds. The molecule has 6 nitrogen and oxygen atoms in total. The summed E-state index contributed by atoms with van der Waals surface area (Å²) in [5.41, 5.74) is 2.47. The first-order valence-electron chi connectivity index (χ1n) is 10.6. The number of amides is 1. The number of allylic oxidation sites excluding steroid dienone is 1. The Morgan fingerprint density at radius 3 is 2.53 bits per heavy atom. The summed E-state index contributed by atoms with van der Waals surface area (Å²) < 4.78 is 7.42. The Morgan fingerprint density at radius 2 is 1.85 bits per heavy atom. The van der Waals surface area contributed by atoms with E-state index in [1.165, 1.54) is 22.7 Å². The van der Waals surface area contributed by atoms with Crippen molar-refractivity contribution in [3.05, 3.63) is 114 Å². The van der Waals surface area contributed by atoms with Gasteiger partial charge in [-0.15, -0.1) is 11.3 Å². The number of aromatic nitrogens is 1. The minimum atomic E-state index is -0.544. The van der Waals surface area contributed by atoms with E-state index in [4.69, 9.17) is 4.74 Å². The highest BCUT2D eigenvalue weighted by molar-refractivity contribution is 7.10. The molecule has 2 aromatic heterocycles. The highest BCUT2D eigenvalue weighted by Crippen LogP contribution is 2.33. The number of methoxy groups -OCH3 is 1. The molecular formula is C26H21N3O3S2. The molecule has 0 saturated heterocycles. The molecule has 1 N–H and O–H groups in total. The van der Waals surface area contributed by atoms with Gasteiger partial charge >= 0.3 is 0 Å². The van der Waals surface area contributed by atoms with Gasteiger partial charge in [0.2, 0.25) is 0 Å². The minimum Gasteiger partial charge on any atom is -0.497 e. The Labute approximate surface area is 203 Å². The van der Waals surface area contributed by atoms with Crippen LogP contribution >= 0.6 is 22.7 Å². The SMILES string of the molecule is COc1ccc(/C=c2\sc3n(c2=O)[C@H](c2cccs2)C(C(=O)Nc2ccccc2)=C(C)N=3)cc1. The largest absolute Gasteiger partial charge is 0.497 e. The minimum absolute atomic E-state index is 0.171. The maximum Gasteiger partial charge on any atom is 0.271 e. The van der Waals surface area contributed by atoms with E-state index in [2.05, 4.69) is 10.3 Å². The number of carbonyl (C=O) groups excluding carboxylic acids is 1. The number of hydrogen-bond donors (Lipinski definition) is 1. The van der Waals surface area contributed by atoms with Gasteiger partial charge in [-0.25, -0.2) is 4.99 Å². The van der Waals surface area contributed by atoms with Crippen molar-refractivity contribution in [3.63, 3.8) is 0 Å². The molecule has 2 aromatic carbocycles. The van der Waals surface area contributed by atoms with Crippen molar-refractivity contribution in [3.8, 4) is 5.75 Å². The number of thiazole rings is 1. The number of fused-ring (bicyclic) bond motifs is 1. The number of thiophene rings is 1. The second kappa shape index (κ2) is 9.24.